The third-order valence-electron chi connectivity index (χ3n) is 2.70. The van der Waals surface area contributed by atoms with Gasteiger partial charge in [-0.15, -0.1) is 0 Å². The van der Waals surface area contributed by atoms with E-state index in [1.54, 1.807) is 0 Å². The van der Waals surface area contributed by atoms with Crippen LogP contribution in [0.1, 0.15) is 18.2 Å². The van der Waals surface area contributed by atoms with Gasteiger partial charge in [0.15, 0.2) is 0 Å². The number of hydrogen-bond donors (Lipinski definition) is 1. The number of nitrogens with zero attached hydrogens (tertiary/aromatic N) is 2. The van der Waals surface area contributed by atoms with Gasteiger partial charge in [-0.25, -0.2) is 4.68 Å². The lowest BCUT2D eigenvalue weighted by molar-refractivity contribution is 0.716. The molecule has 0 saturated carbocycles. The van der Waals surface area contributed by atoms with Crippen molar-refractivity contribution in [3.05, 3.63) is 45.1 Å². The van der Waals surface area contributed by atoms with Crippen molar-refractivity contribution in [2.45, 2.75) is 20.4 Å². The first-order valence-electron chi connectivity index (χ1n) is 5.83. The fraction of sp³-hybridized carbons (Fsp3) is 0.308. The fourth-order valence-corrected chi connectivity index (χ4v) is 2.20. The van der Waals surface area contributed by atoms with Crippen LogP contribution in [0.15, 0.2) is 28.9 Å². The second-order valence-electron chi connectivity index (χ2n) is 4.06. The van der Waals surface area contributed by atoms with Gasteiger partial charge in [-0.05, 0) is 31.2 Å². The lowest BCUT2D eigenvalue weighted by atomic mass is 10.2. The number of aromatic nitrogens is 2. The molecule has 18 heavy (non-hydrogen) atoms. The summed E-state index contributed by atoms with van der Waals surface area (Å²) in [4.78, 5) is 0. The van der Waals surface area contributed by atoms with Crippen LogP contribution in [0, 0.1) is 6.92 Å². The maximum atomic E-state index is 6.07. The summed E-state index contributed by atoms with van der Waals surface area (Å²) in [6.07, 6.45) is 1.84. The van der Waals surface area contributed by atoms with Crippen LogP contribution >= 0.6 is 27.5 Å². The van der Waals surface area contributed by atoms with Crippen molar-refractivity contribution in [1.29, 1.82) is 0 Å². The van der Waals surface area contributed by atoms with E-state index in [-0.39, 0.29) is 0 Å². The predicted octanol–water partition coefficient (Wildman–Crippen LogP) is 3.71. The van der Waals surface area contributed by atoms with Gasteiger partial charge in [0.05, 0.1) is 16.4 Å². The highest BCUT2D eigenvalue weighted by molar-refractivity contribution is 9.10. The van der Waals surface area contributed by atoms with E-state index in [9.17, 15) is 0 Å². The molecule has 0 radical (unpaired) electrons. The molecule has 0 aliphatic heterocycles. The third kappa shape index (κ3) is 2.94. The maximum Gasteiger partial charge on any atom is 0.0819 e. The number of halogens is 2. The van der Waals surface area contributed by atoms with Gasteiger partial charge in [-0.2, -0.15) is 5.10 Å². The Kier molecular flexibility index (Phi) is 4.43. The Morgan fingerprint density at radius 3 is 2.83 bits per heavy atom. The number of benzene rings is 1. The van der Waals surface area contributed by atoms with Gasteiger partial charge >= 0.3 is 0 Å². The van der Waals surface area contributed by atoms with Crippen LogP contribution in [0.4, 0.5) is 0 Å². The molecule has 0 aliphatic carbocycles. The van der Waals surface area contributed by atoms with E-state index in [1.165, 1.54) is 5.56 Å². The summed E-state index contributed by atoms with van der Waals surface area (Å²) in [7, 11) is 0. The standard InChI is InChI=1S/C13H15BrClN3/c1-3-16-7-10-4-5-11(14)6-13(10)18-8-12(15)9(2)17-18/h4-6,8,16H,3,7H2,1-2H3. The minimum Gasteiger partial charge on any atom is -0.313 e. The summed E-state index contributed by atoms with van der Waals surface area (Å²) in [5.41, 5.74) is 3.07. The van der Waals surface area contributed by atoms with Crippen LogP contribution in [-0.4, -0.2) is 16.3 Å². The molecule has 2 aromatic rings. The molecule has 1 aromatic carbocycles. The van der Waals surface area contributed by atoms with Crippen LogP contribution in [0.25, 0.3) is 5.69 Å². The second-order valence-corrected chi connectivity index (χ2v) is 5.38. The SMILES string of the molecule is CCNCc1ccc(Br)cc1-n1cc(Cl)c(C)n1. The third-order valence-corrected chi connectivity index (χ3v) is 3.56. The van der Waals surface area contributed by atoms with Gasteiger partial charge in [-0.3, -0.25) is 0 Å². The molecule has 0 aliphatic rings. The fourth-order valence-electron chi connectivity index (χ4n) is 1.72. The summed E-state index contributed by atoms with van der Waals surface area (Å²) >= 11 is 9.56. The minimum absolute atomic E-state index is 0.685. The lowest BCUT2D eigenvalue weighted by Gasteiger charge is -2.10. The van der Waals surface area contributed by atoms with Crippen LogP contribution < -0.4 is 5.32 Å². The van der Waals surface area contributed by atoms with E-state index in [0.717, 1.165) is 28.9 Å². The van der Waals surface area contributed by atoms with Crippen LogP contribution in [0.5, 0.6) is 0 Å². The van der Waals surface area contributed by atoms with Gasteiger partial charge in [0, 0.05) is 17.2 Å². The van der Waals surface area contributed by atoms with Gasteiger partial charge in [0.1, 0.15) is 0 Å². The maximum absolute atomic E-state index is 6.07. The molecule has 0 bridgehead atoms. The van der Waals surface area contributed by atoms with Gasteiger partial charge in [0.25, 0.3) is 0 Å². The Bertz CT molecular complexity index is 532. The molecule has 0 atom stereocenters. The van der Waals surface area contributed by atoms with Crippen LogP contribution in [0.2, 0.25) is 5.02 Å². The van der Waals surface area contributed by atoms with E-state index >= 15 is 0 Å². The van der Waals surface area contributed by atoms with Crippen molar-refractivity contribution in [2.24, 2.45) is 0 Å². The van der Waals surface area contributed by atoms with E-state index in [0.29, 0.717) is 5.02 Å². The molecule has 1 aromatic heterocycles. The molecule has 96 valence electrons. The van der Waals surface area contributed by atoms with E-state index in [2.05, 4.69) is 45.4 Å². The largest absolute Gasteiger partial charge is 0.313 e. The van der Waals surface area contributed by atoms with Crippen LogP contribution in [-0.2, 0) is 6.54 Å². The molecule has 3 nitrogen and oxygen atoms in total. The van der Waals surface area contributed by atoms with Gasteiger partial charge in [0.2, 0.25) is 0 Å². The first-order valence-corrected chi connectivity index (χ1v) is 7.00. The highest BCUT2D eigenvalue weighted by Gasteiger charge is 2.09. The zero-order chi connectivity index (χ0) is 13.1. The molecule has 0 fully saturated rings. The predicted molar refractivity (Wildman–Crippen MR) is 78.4 cm³/mol. The zero-order valence-electron chi connectivity index (χ0n) is 10.4. The molecule has 0 saturated heterocycles. The average molecular weight is 329 g/mol. The Labute approximate surface area is 120 Å². The van der Waals surface area contributed by atoms with Crippen molar-refractivity contribution in [1.82, 2.24) is 15.1 Å². The first-order chi connectivity index (χ1) is 8.61. The minimum atomic E-state index is 0.685. The number of nitrogens with one attached hydrogen (secondary N) is 1. The normalized spacial score (nSPS) is 10.9. The van der Waals surface area contributed by atoms with Crippen LogP contribution in [0.3, 0.4) is 0 Å². The molecule has 1 heterocycles. The van der Waals surface area contributed by atoms with Gasteiger partial charge < -0.3 is 5.32 Å². The molecule has 5 heteroatoms. The molecule has 0 unspecified atom stereocenters. The quantitative estimate of drug-likeness (QED) is 0.927. The number of hydrogen-bond acceptors (Lipinski definition) is 2. The van der Waals surface area contributed by atoms with Crippen molar-refractivity contribution in [2.75, 3.05) is 6.54 Å². The number of aryl methyl sites for hydroxylation is 1. The number of rotatable bonds is 4. The van der Waals surface area contributed by atoms with E-state index < -0.39 is 0 Å². The summed E-state index contributed by atoms with van der Waals surface area (Å²) in [6, 6.07) is 6.18. The summed E-state index contributed by atoms with van der Waals surface area (Å²) in [6.45, 7) is 5.75. The lowest BCUT2D eigenvalue weighted by Crippen LogP contribution is -2.14. The summed E-state index contributed by atoms with van der Waals surface area (Å²) in [5.74, 6) is 0. The zero-order valence-corrected chi connectivity index (χ0v) is 12.7. The Morgan fingerprint density at radius 1 is 1.44 bits per heavy atom. The van der Waals surface area contributed by atoms with Crippen molar-refractivity contribution in [3.8, 4) is 5.69 Å². The topological polar surface area (TPSA) is 29.9 Å². The molecule has 2 rings (SSSR count). The molecule has 0 spiro atoms. The smallest absolute Gasteiger partial charge is 0.0819 e. The first kappa shape index (κ1) is 13.6. The Morgan fingerprint density at radius 2 is 2.22 bits per heavy atom. The highest BCUT2D eigenvalue weighted by atomic mass is 79.9. The molecule has 1 N–H and O–H groups in total. The molecular formula is C13H15BrClN3. The monoisotopic (exact) mass is 327 g/mol. The summed E-state index contributed by atoms with van der Waals surface area (Å²) in [5, 5.41) is 8.44. The molecular weight excluding hydrogens is 314 g/mol. The van der Waals surface area contributed by atoms with Gasteiger partial charge in [-0.1, -0.05) is 40.5 Å². The molecule has 0 amide bonds. The Hall–Kier alpha value is -0.840. The van der Waals surface area contributed by atoms with E-state index in [1.807, 2.05) is 23.9 Å². The van der Waals surface area contributed by atoms with E-state index in [4.69, 9.17) is 11.6 Å². The van der Waals surface area contributed by atoms with Crippen molar-refractivity contribution >= 4 is 27.5 Å². The van der Waals surface area contributed by atoms with Crippen molar-refractivity contribution in [3.63, 3.8) is 0 Å². The average Bonchev–Trinajstić information content (AvgIpc) is 2.68. The highest BCUT2D eigenvalue weighted by Crippen LogP contribution is 2.23. The van der Waals surface area contributed by atoms with Crippen molar-refractivity contribution < 1.29 is 0 Å². The summed E-state index contributed by atoms with van der Waals surface area (Å²) < 4.78 is 2.86. The Balaban J connectivity index is 2.43. The second kappa shape index (κ2) is 5.87.